The molecule has 0 bridgehead atoms. The van der Waals surface area contributed by atoms with Crippen molar-refractivity contribution < 1.29 is 13.3 Å². The fraction of sp³-hybridized carbons (Fsp3) is 0.125. The van der Waals surface area contributed by atoms with Crippen LogP contribution in [-0.4, -0.2) is 28.1 Å². The predicted molar refractivity (Wildman–Crippen MR) is 97.4 cm³/mol. The Kier molecular flexibility index (Phi) is 5.14. The van der Waals surface area contributed by atoms with E-state index in [4.69, 9.17) is 5.14 Å². The molecule has 0 amide bonds. The van der Waals surface area contributed by atoms with E-state index in [0.717, 1.165) is 17.2 Å². The van der Waals surface area contributed by atoms with Crippen LogP contribution in [0.15, 0.2) is 60.0 Å². The van der Waals surface area contributed by atoms with Gasteiger partial charge in [-0.25, -0.2) is 23.2 Å². The summed E-state index contributed by atoms with van der Waals surface area (Å²) in [4.78, 5) is 14.1. The molecule has 1 heterocycles. The van der Waals surface area contributed by atoms with E-state index in [-0.39, 0.29) is 16.3 Å². The Morgan fingerprint density at radius 1 is 1.15 bits per heavy atom. The Morgan fingerprint density at radius 2 is 1.85 bits per heavy atom. The first kappa shape index (κ1) is 18.5. The number of benzene rings is 2. The molecule has 0 aliphatic carbocycles. The molecule has 0 saturated carbocycles. The van der Waals surface area contributed by atoms with E-state index in [1.807, 2.05) is 24.3 Å². The first-order chi connectivity index (χ1) is 12.8. The van der Waals surface area contributed by atoms with Crippen LogP contribution in [0.4, 0.5) is 11.4 Å². The molecule has 0 spiro atoms. The number of anilines is 1. The maximum absolute atomic E-state index is 11.4. The SMILES string of the molecule is NS(=O)(=O)c1ccc(NCc2ccc(Cn3cncn3)cc2)c([N+](=O)[O-])c1. The number of nitrogens with zero attached hydrogens (tertiary/aromatic N) is 4. The van der Waals surface area contributed by atoms with Gasteiger partial charge in [0.05, 0.1) is 16.4 Å². The van der Waals surface area contributed by atoms with E-state index in [1.54, 1.807) is 11.0 Å². The average molecular weight is 388 g/mol. The van der Waals surface area contributed by atoms with Crippen molar-refractivity contribution in [3.05, 3.63) is 76.4 Å². The van der Waals surface area contributed by atoms with Gasteiger partial charge in [0.2, 0.25) is 10.0 Å². The Labute approximate surface area is 154 Å². The molecular weight excluding hydrogens is 372 g/mol. The number of hydrogen-bond donors (Lipinski definition) is 2. The van der Waals surface area contributed by atoms with Crippen LogP contribution in [0.3, 0.4) is 0 Å². The molecule has 11 heteroatoms. The molecule has 0 aliphatic rings. The molecule has 0 atom stereocenters. The highest BCUT2D eigenvalue weighted by molar-refractivity contribution is 7.89. The topological polar surface area (TPSA) is 146 Å². The average Bonchev–Trinajstić information content (AvgIpc) is 3.13. The summed E-state index contributed by atoms with van der Waals surface area (Å²) in [6.07, 6.45) is 3.09. The Morgan fingerprint density at radius 3 is 2.44 bits per heavy atom. The lowest BCUT2D eigenvalue weighted by Gasteiger charge is -2.09. The lowest BCUT2D eigenvalue weighted by atomic mass is 10.1. The van der Waals surface area contributed by atoms with Gasteiger partial charge in [0, 0.05) is 12.6 Å². The Balaban J connectivity index is 1.71. The summed E-state index contributed by atoms with van der Waals surface area (Å²) in [6.45, 7) is 0.924. The van der Waals surface area contributed by atoms with Crippen molar-refractivity contribution in [2.45, 2.75) is 18.0 Å². The number of sulfonamides is 1. The summed E-state index contributed by atoms with van der Waals surface area (Å²) in [7, 11) is -4.01. The van der Waals surface area contributed by atoms with E-state index in [2.05, 4.69) is 15.4 Å². The standard InChI is InChI=1S/C16H16N6O4S/c17-27(25,26)14-5-6-15(16(7-14)22(23)24)19-8-12-1-3-13(4-2-12)9-21-11-18-10-20-21/h1-7,10-11,19H,8-9H2,(H2,17,25,26). The number of rotatable bonds is 7. The zero-order valence-corrected chi connectivity index (χ0v) is 14.8. The zero-order chi connectivity index (χ0) is 19.4. The van der Waals surface area contributed by atoms with Crippen molar-refractivity contribution in [2.75, 3.05) is 5.32 Å². The lowest BCUT2D eigenvalue weighted by molar-refractivity contribution is -0.384. The van der Waals surface area contributed by atoms with E-state index in [0.29, 0.717) is 13.1 Å². The van der Waals surface area contributed by atoms with Gasteiger partial charge in [0.25, 0.3) is 5.69 Å². The maximum atomic E-state index is 11.4. The van der Waals surface area contributed by atoms with Gasteiger partial charge in [-0.2, -0.15) is 5.10 Å². The normalized spacial score (nSPS) is 11.3. The maximum Gasteiger partial charge on any atom is 0.293 e. The third-order valence-electron chi connectivity index (χ3n) is 3.81. The third kappa shape index (κ3) is 4.65. The summed E-state index contributed by atoms with van der Waals surface area (Å²) in [5.41, 5.74) is 1.79. The summed E-state index contributed by atoms with van der Waals surface area (Å²) in [5.74, 6) is 0. The molecule has 0 saturated heterocycles. The van der Waals surface area contributed by atoms with Gasteiger partial charge < -0.3 is 5.32 Å². The van der Waals surface area contributed by atoms with Crippen molar-refractivity contribution in [3.63, 3.8) is 0 Å². The zero-order valence-electron chi connectivity index (χ0n) is 14.0. The van der Waals surface area contributed by atoms with Gasteiger partial charge in [-0.3, -0.25) is 10.1 Å². The molecule has 3 aromatic rings. The van der Waals surface area contributed by atoms with E-state index >= 15 is 0 Å². The minimum atomic E-state index is -4.01. The number of nitrogens with two attached hydrogens (primary N) is 1. The highest BCUT2D eigenvalue weighted by Gasteiger charge is 2.18. The van der Waals surface area contributed by atoms with Crippen molar-refractivity contribution in [3.8, 4) is 0 Å². The molecule has 140 valence electrons. The van der Waals surface area contributed by atoms with Gasteiger partial charge in [-0.15, -0.1) is 0 Å². The summed E-state index contributed by atoms with van der Waals surface area (Å²) in [5, 5.41) is 23.2. The molecule has 2 aromatic carbocycles. The van der Waals surface area contributed by atoms with E-state index in [1.165, 1.54) is 18.5 Å². The van der Waals surface area contributed by atoms with E-state index in [9.17, 15) is 18.5 Å². The van der Waals surface area contributed by atoms with Crippen LogP contribution >= 0.6 is 0 Å². The number of nitro groups is 1. The fourth-order valence-corrected chi connectivity index (χ4v) is 2.98. The summed E-state index contributed by atoms with van der Waals surface area (Å²) >= 11 is 0. The van der Waals surface area contributed by atoms with Crippen LogP contribution in [0.25, 0.3) is 0 Å². The van der Waals surface area contributed by atoms with Crippen molar-refractivity contribution in [1.29, 1.82) is 0 Å². The number of aromatic nitrogens is 3. The van der Waals surface area contributed by atoms with Gasteiger partial charge in [0.15, 0.2) is 0 Å². The molecule has 0 aliphatic heterocycles. The quantitative estimate of drug-likeness (QED) is 0.460. The van der Waals surface area contributed by atoms with Gasteiger partial charge >= 0.3 is 0 Å². The van der Waals surface area contributed by atoms with Crippen LogP contribution in [0.5, 0.6) is 0 Å². The number of hydrogen-bond acceptors (Lipinski definition) is 7. The molecule has 0 fully saturated rings. The molecule has 0 unspecified atom stereocenters. The monoisotopic (exact) mass is 388 g/mol. The van der Waals surface area contributed by atoms with Crippen LogP contribution < -0.4 is 10.5 Å². The number of primary sulfonamides is 1. The van der Waals surface area contributed by atoms with Gasteiger partial charge in [-0.1, -0.05) is 24.3 Å². The number of nitrogens with one attached hydrogen (secondary N) is 1. The first-order valence-corrected chi connectivity index (χ1v) is 9.33. The molecule has 27 heavy (non-hydrogen) atoms. The van der Waals surface area contributed by atoms with Crippen LogP contribution in [0, 0.1) is 10.1 Å². The van der Waals surface area contributed by atoms with Crippen LogP contribution in [0.2, 0.25) is 0 Å². The molecule has 3 N–H and O–H groups in total. The molecule has 10 nitrogen and oxygen atoms in total. The highest BCUT2D eigenvalue weighted by Crippen LogP contribution is 2.27. The second-order valence-corrected chi connectivity index (χ2v) is 7.31. The van der Waals surface area contributed by atoms with Crippen LogP contribution in [0.1, 0.15) is 11.1 Å². The lowest BCUT2D eigenvalue weighted by Crippen LogP contribution is -2.13. The molecule has 3 rings (SSSR count). The largest absolute Gasteiger partial charge is 0.375 e. The summed E-state index contributed by atoms with van der Waals surface area (Å²) in [6, 6.07) is 11.1. The Bertz CT molecular complexity index is 1050. The molecular formula is C16H16N6O4S. The van der Waals surface area contributed by atoms with Crippen LogP contribution in [-0.2, 0) is 23.1 Å². The molecule has 1 aromatic heterocycles. The fourth-order valence-electron chi connectivity index (χ4n) is 2.45. The van der Waals surface area contributed by atoms with E-state index < -0.39 is 14.9 Å². The second kappa shape index (κ2) is 7.51. The minimum absolute atomic E-state index is 0.207. The van der Waals surface area contributed by atoms with Gasteiger partial charge in [-0.05, 0) is 23.3 Å². The Hall–Kier alpha value is -3.31. The molecule has 0 radical (unpaired) electrons. The minimum Gasteiger partial charge on any atom is -0.375 e. The predicted octanol–water partition coefficient (Wildman–Crippen LogP) is 1.49. The second-order valence-electron chi connectivity index (χ2n) is 5.74. The smallest absolute Gasteiger partial charge is 0.293 e. The van der Waals surface area contributed by atoms with Crippen molar-refractivity contribution >= 4 is 21.4 Å². The number of nitro benzene ring substituents is 1. The summed E-state index contributed by atoms with van der Waals surface area (Å²) < 4.78 is 24.4. The highest BCUT2D eigenvalue weighted by atomic mass is 32.2. The first-order valence-electron chi connectivity index (χ1n) is 7.78. The van der Waals surface area contributed by atoms with Crippen molar-refractivity contribution in [2.24, 2.45) is 5.14 Å². The van der Waals surface area contributed by atoms with Crippen molar-refractivity contribution in [1.82, 2.24) is 14.8 Å². The van der Waals surface area contributed by atoms with Gasteiger partial charge in [0.1, 0.15) is 18.3 Å². The third-order valence-corrected chi connectivity index (χ3v) is 4.72.